The number of hydrogen-bond acceptors (Lipinski definition) is 2. The fourth-order valence-electron chi connectivity index (χ4n) is 3.04. The van der Waals surface area contributed by atoms with E-state index in [0.717, 1.165) is 19.3 Å². The summed E-state index contributed by atoms with van der Waals surface area (Å²) in [6, 6.07) is 8.43. The first kappa shape index (κ1) is 15.0. The lowest BCUT2D eigenvalue weighted by Crippen LogP contribution is -2.46. The predicted molar refractivity (Wildman–Crippen MR) is 80.7 cm³/mol. The van der Waals surface area contributed by atoms with Crippen LogP contribution in [0, 0.1) is 0 Å². The van der Waals surface area contributed by atoms with E-state index >= 15 is 0 Å². The van der Waals surface area contributed by atoms with Gasteiger partial charge in [0, 0.05) is 18.6 Å². The first-order valence-electron chi connectivity index (χ1n) is 7.57. The van der Waals surface area contributed by atoms with Gasteiger partial charge in [0.1, 0.15) is 0 Å². The topological polar surface area (TPSA) is 49.3 Å². The standard InChI is InChI=1S/C17H25NO2/c1-3-17(2,10-11-19)18-16(20)12-14-9-8-13-6-4-5-7-15(13)14/h4-7,14,19H,3,8-12H2,1-2H3,(H,18,20). The molecule has 0 heterocycles. The third-order valence-electron chi connectivity index (χ3n) is 4.57. The van der Waals surface area contributed by atoms with Crippen molar-refractivity contribution < 1.29 is 9.90 Å². The van der Waals surface area contributed by atoms with Crippen molar-refractivity contribution in [3.05, 3.63) is 35.4 Å². The maximum atomic E-state index is 12.3. The minimum atomic E-state index is -0.288. The van der Waals surface area contributed by atoms with Crippen LogP contribution in [0.3, 0.4) is 0 Å². The molecule has 2 N–H and O–H groups in total. The third-order valence-corrected chi connectivity index (χ3v) is 4.57. The van der Waals surface area contributed by atoms with Gasteiger partial charge in [0.15, 0.2) is 0 Å². The van der Waals surface area contributed by atoms with Crippen molar-refractivity contribution in [2.24, 2.45) is 0 Å². The van der Waals surface area contributed by atoms with Gasteiger partial charge in [-0.2, -0.15) is 0 Å². The average molecular weight is 275 g/mol. The monoisotopic (exact) mass is 275 g/mol. The molecule has 0 aromatic heterocycles. The van der Waals surface area contributed by atoms with E-state index < -0.39 is 0 Å². The Kier molecular flexibility index (Phi) is 4.81. The molecule has 0 saturated carbocycles. The van der Waals surface area contributed by atoms with Crippen LogP contribution in [0.5, 0.6) is 0 Å². The summed E-state index contributed by atoms with van der Waals surface area (Å²) in [6.45, 7) is 4.15. The molecule has 2 atom stereocenters. The quantitative estimate of drug-likeness (QED) is 0.838. The van der Waals surface area contributed by atoms with Crippen LogP contribution >= 0.6 is 0 Å². The third kappa shape index (κ3) is 3.40. The zero-order valence-electron chi connectivity index (χ0n) is 12.5. The summed E-state index contributed by atoms with van der Waals surface area (Å²) in [6.07, 6.45) is 4.14. The van der Waals surface area contributed by atoms with Crippen molar-refractivity contribution in [2.45, 2.75) is 57.4 Å². The number of nitrogens with one attached hydrogen (secondary N) is 1. The number of carbonyl (C=O) groups excluding carboxylic acids is 1. The highest BCUT2D eigenvalue weighted by molar-refractivity contribution is 5.78. The molecule has 1 aromatic rings. The highest BCUT2D eigenvalue weighted by Crippen LogP contribution is 2.35. The number of carbonyl (C=O) groups is 1. The molecular formula is C17H25NO2. The molecule has 1 aliphatic rings. The van der Waals surface area contributed by atoms with Crippen molar-refractivity contribution in [3.8, 4) is 0 Å². The van der Waals surface area contributed by atoms with Crippen molar-refractivity contribution in [2.75, 3.05) is 6.61 Å². The fraction of sp³-hybridized carbons (Fsp3) is 0.588. The molecular weight excluding hydrogens is 250 g/mol. The number of amides is 1. The molecule has 2 rings (SSSR count). The average Bonchev–Trinajstić information content (AvgIpc) is 2.82. The van der Waals surface area contributed by atoms with Gasteiger partial charge < -0.3 is 10.4 Å². The lowest BCUT2D eigenvalue weighted by atomic mass is 9.93. The van der Waals surface area contributed by atoms with Gasteiger partial charge in [0.25, 0.3) is 0 Å². The molecule has 0 radical (unpaired) electrons. The molecule has 0 aliphatic heterocycles. The van der Waals surface area contributed by atoms with E-state index in [-0.39, 0.29) is 18.1 Å². The number of aliphatic hydroxyl groups is 1. The minimum Gasteiger partial charge on any atom is -0.396 e. The number of aliphatic hydroxyl groups excluding tert-OH is 1. The van der Waals surface area contributed by atoms with Crippen LogP contribution < -0.4 is 5.32 Å². The molecule has 0 bridgehead atoms. The highest BCUT2D eigenvalue weighted by Gasteiger charge is 2.28. The number of hydrogen-bond donors (Lipinski definition) is 2. The van der Waals surface area contributed by atoms with E-state index in [1.54, 1.807) is 0 Å². The zero-order chi connectivity index (χ0) is 14.6. The molecule has 0 fully saturated rings. The maximum absolute atomic E-state index is 12.3. The summed E-state index contributed by atoms with van der Waals surface area (Å²) in [5.74, 6) is 0.450. The Hall–Kier alpha value is -1.35. The first-order valence-corrected chi connectivity index (χ1v) is 7.57. The van der Waals surface area contributed by atoms with Crippen LogP contribution in [0.2, 0.25) is 0 Å². The van der Waals surface area contributed by atoms with Crippen molar-refractivity contribution in [3.63, 3.8) is 0 Å². The molecule has 110 valence electrons. The second-order valence-corrected chi connectivity index (χ2v) is 6.07. The van der Waals surface area contributed by atoms with Crippen LogP contribution in [0.15, 0.2) is 24.3 Å². The lowest BCUT2D eigenvalue weighted by Gasteiger charge is -2.29. The van der Waals surface area contributed by atoms with E-state index in [1.165, 1.54) is 11.1 Å². The molecule has 0 spiro atoms. The van der Waals surface area contributed by atoms with E-state index in [9.17, 15) is 4.79 Å². The van der Waals surface area contributed by atoms with E-state index in [4.69, 9.17) is 5.11 Å². The maximum Gasteiger partial charge on any atom is 0.221 e. The van der Waals surface area contributed by atoms with Gasteiger partial charge in [0.2, 0.25) is 5.91 Å². The van der Waals surface area contributed by atoms with Crippen LogP contribution in [0.1, 0.15) is 56.6 Å². The SMILES string of the molecule is CCC(C)(CCO)NC(=O)CC1CCc2ccccc21. The van der Waals surface area contributed by atoms with Gasteiger partial charge in [0.05, 0.1) is 0 Å². The number of aryl methyl sites for hydroxylation is 1. The second kappa shape index (κ2) is 6.40. The number of benzene rings is 1. The highest BCUT2D eigenvalue weighted by atomic mass is 16.3. The molecule has 3 heteroatoms. The molecule has 20 heavy (non-hydrogen) atoms. The Labute approximate surface area is 121 Å². The summed E-state index contributed by atoms with van der Waals surface area (Å²) in [5.41, 5.74) is 2.44. The Morgan fingerprint density at radius 2 is 2.20 bits per heavy atom. The van der Waals surface area contributed by atoms with Crippen LogP contribution in [0.25, 0.3) is 0 Å². The lowest BCUT2D eigenvalue weighted by molar-refractivity contribution is -0.123. The van der Waals surface area contributed by atoms with Gasteiger partial charge in [-0.15, -0.1) is 0 Å². The van der Waals surface area contributed by atoms with Crippen molar-refractivity contribution >= 4 is 5.91 Å². The van der Waals surface area contributed by atoms with Gasteiger partial charge in [-0.25, -0.2) is 0 Å². The van der Waals surface area contributed by atoms with Gasteiger partial charge in [-0.3, -0.25) is 4.79 Å². The predicted octanol–water partition coefficient (Wildman–Crippen LogP) is 2.77. The Morgan fingerprint density at radius 1 is 1.45 bits per heavy atom. The molecule has 3 nitrogen and oxygen atoms in total. The summed E-state index contributed by atoms with van der Waals surface area (Å²) in [4.78, 5) is 12.3. The van der Waals surface area contributed by atoms with Crippen LogP contribution in [0.4, 0.5) is 0 Å². The number of rotatable bonds is 6. The molecule has 2 unspecified atom stereocenters. The minimum absolute atomic E-state index is 0.101. The molecule has 0 saturated heterocycles. The summed E-state index contributed by atoms with van der Waals surface area (Å²) < 4.78 is 0. The second-order valence-electron chi connectivity index (χ2n) is 6.07. The number of fused-ring (bicyclic) bond motifs is 1. The normalized spacial score (nSPS) is 20.2. The van der Waals surface area contributed by atoms with E-state index in [0.29, 0.717) is 18.8 Å². The van der Waals surface area contributed by atoms with Crippen LogP contribution in [-0.4, -0.2) is 23.2 Å². The fourth-order valence-corrected chi connectivity index (χ4v) is 3.04. The van der Waals surface area contributed by atoms with Gasteiger partial charge >= 0.3 is 0 Å². The van der Waals surface area contributed by atoms with Gasteiger partial charge in [-0.05, 0) is 49.7 Å². The summed E-state index contributed by atoms with van der Waals surface area (Å²) in [7, 11) is 0. The molecule has 1 aromatic carbocycles. The van der Waals surface area contributed by atoms with Crippen molar-refractivity contribution in [1.82, 2.24) is 5.32 Å². The van der Waals surface area contributed by atoms with E-state index in [1.807, 2.05) is 13.8 Å². The van der Waals surface area contributed by atoms with Crippen molar-refractivity contribution in [1.29, 1.82) is 0 Å². The Balaban J connectivity index is 1.96. The van der Waals surface area contributed by atoms with Crippen LogP contribution in [-0.2, 0) is 11.2 Å². The zero-order valence-corrected chi connectivity index (χ0v) is 12.5. The Bertz CT molecular complexity index is 472. The van der Waals surface area contributed by atoms with E-state index in [2.05, 4.69) is 29.6 Å². The largest absolute Gasteiger partial charge is 0.396 e. The first-order chi connectivity index (χ1) is 9.58. The van der Waals surface area contributed by atoms with Gasteiger partial charge in [-0.1, -0.05) is 31.2 Å². The summed E-state index contributed by atoms with van der Waals surface area (Å²) >= 11 is 0. The summed E-state index contributed by atoms with van der Waals surface area (Å²) in [5, 5.41) is 12.2. The smallest absolute Gasteiger partial charge is 0.221 e. The molecule has 1 amide bonds. The Morgan fingerprint density at radius 3 is 2.90 bits per heavy atom. The molecule has 1 aliphatic carbocycles.